The second-order valence-electron chi connectivity index (χ2n) is 7.59. The third kappa shape index (κ3) is 6.34. The number of hydrogen-bond donors (Lipinski definition) is 2. The smallest absolute Gasteiger partial charge is 0.418 e. The zero-order valence-corrected chi connectivity index (χ0v) is 18.4. The van der Waals surface area contributed by atoms with Crippen LogP contribution in [0.3, 0.4) is 0 Å². The molecule has 0 aliphatic rings. The standard InChI is InChI=1S/C25H22F4N2O3/c1-15-4-3-5-16(2)23(15)34-13-12-22(32)31-21-11-10-19(14-20(21)25(27,28)29)30-24(33)17-6-8-18(26)9-7-17/h3-11,14H,12-13H2,1-2H3,(H,30,33)(H,31,32). The summed E-state index contributed by atoms with van der Waals surface area (Å²) >= 11 is 0. The van der Waals surface area contributed by atoms with E-state index in [2.05, 4.69) is 10.6 Å². The molecule has 3 rings (SSSR count). The molecule has 0 unspecified atom stereocenters. The molecule has 34 heavy (non-hydrogen) atoms. The van der Waals surface area contributed by atoms with Crippen molar-refractivity contribution >= 4 is 23.2 Å². The van der Waals surface area contributed by atoms with Gasteiger partial charge in [0.25, 0.3) is 5.91 Å². The van der Waals surface area contributed by atoms with Crippen LogP contribution in [0.1, 0.15) is 33.5 Å². The first-order valence-corrected chi connectivity index (χ1v) is 10.3. The summed E-state index contributed by atoms with van der Waals surface area (Å²) in [5, 5.41) is 4.60. The number of para-hydroxylation sites is 1. The molecule has 0 fully saturated rings. The topological polar surface area (TPSA) is 67.4 Å². The van der Waals surface area contributed by atoms with E-state index in [4.69, 9.17) is 4.74 Å². The number of benzene rings is 3. The van der Waals surface area contributed by atoms with Crippen LogP contribution in [0.5, 0.6) is 5.75 Å². The highest BCUT2D eigenvalue weighted by atomic mass is 19.4. The normalized spacial score (nSPS) is 11.1. The van der Waals surface area contributed by atoms with Crippen molar-refractivity contribution in [1.82, 2.24) is 0 Å². The summed E-state index contributed by atoms with van der Waals surface area (Å²) in [4.78, 5) is 24.5. The number of hydrogen-bond acceptors (Lipinski definition) is 3. The number of aryl methyl sites for hydroxylation is 2. The predicted molar refractivity (Wildman–Crippen MR) is 120 cm³/mol. The number of anilines is 2. The molecule has 0 aliphatic heterocycles. The molecule has 3 aromatic carbocycles. The summed E-state index contributed by atoms with van der Waals surface area (Å²) in [6, 6.07) is 13.2. The lowest BCUT2D eigenvalue weighted by Crippen LogP contribution is -2.19. The van der Waals surface area contributed by atoms with Crippen LogP contribution in [0.25, 0.3) is 0 Å². The Kier molecular flexibility index (Phi) is 7.55. The predicted octanol–water partition coefficient (Wildman–Crippen LogP) is 6.12. The lowest BCUT2D eigenvalue weighted by molar-refractivity contribution is -0.136. The number of halogens is 4. The van der Waals surface area contributed by atoms with E-state index in [9.17, 15) is 27.2 Å². The van der Waals surface area contributed by atoms with Gasteiger partial charge in [-0.05, 0) is 67.4 Å². The molecule has 0 spiro atoms. The van der Waals surface area contributed by atoms with Crippen molar-refractivity contribution in [3.63, 3.8) is 0 Å². The Morgan fingerprint density at radius 3 is 2.18 bits per heavy atom. The SMILES string of the molecule is Cc1cccc(C)c1OCCC(=O)Nc1ccc(NC(=O)c2ccc(F)cc2)cc1C(F)(F)F. The number of ether oxygens (including phenoxy) is 1. The van der Waals surface area contributed by atoms with Gasteiger partial charge in [-0.2, -0.15) is 13.2 Å². The molecule has 5 nitrogen and oxygen atoms in total. The molecule has 0 saturated heterocycles. The largest absolute Gasteiger partial charge is 0.493 e. The third-order valence-electron chi connectivity index (χ3n) is 4.95. The van der Waals surface area contributed by atoms with E-state index in [1.807, 2.05) is 32.0 Å². The zero-order chi connectivity index (χ0) is 24.9. The highest BCUT2D eigenvalue weighted by molar-refractivity contribution is 6.04. The summed E-state index contributed by atoms with van der Waals surface area (Å²) in [7, 11) is 0. The molecule has 0 aliphatic carbocycles. The third-order valence-corrected chi connectivity index (χ3v) is 4.95. The average molecular weight is 474 g/mol. The Labute approximate surface area is 193 Å². The molecule has 0 aromatic heterocycles. The fraction of sp³-hybridized carbons (Fsp3) is 0.200. The van der Waals surface area contributed by atoms with Crippen molar-refractivity contribution in [3.8, 4) is 5.75 Å². The molecular formula is C25H22F4N2O3. The molecule has 0 heterocycles. The van der Waals surface area contributed by atoms with Gasteiger partial charge in [0.2, 0.25) is 5.91 Å². The molecule has 2 amide bonds. The van der Waals surface area contributed by atoms with Crippen molar-refractivity contribution in [2.45, 2.75) is 26.4 Å². The Balaban J connectivity index is 1.68. The fourth-order valence-electron chi connectivity index (χ4n) is 3.26. The first kappa shape index (κ1) is 24.8. The molecule has 0 bridgehead atoms. The van der Waals surface area contributed by atoms with Crippen LogP contribution in [-0.4, -0.2) is 18.4 Å². The summed E-state index contributed by atoms with van der Waals surface area (Å²) in [5.74, 6) is -1.27. The van der Waals surface area contributed by atoms with E-state index in [0.29, 0.717) is 5.75 Å². The maximum absolute atomic E-state index is 13.6. The number of alkyl halides is 3. The van der Waals surface area contributed by atoms with Gasteiger partial charge in [0.1, 0.15) is 11.6 Å². The second-order valence-corrected chi connectivity index (χ2v) is 7.59. The number of amides is 2. The van der Waals surface area contributed by atoms with E-state index in [0.717, 1.165) is 35.4 Å². The molecule has 0 radical (unpaired) electrons. The van der Waals surface area contributed by atoms with Crippen LogP contribution in [0, 0.1) is 19.7 Å². The van der Waals surface area contributed by atoms with Crippen molar-refractivity contribution < 1.29 is 31.9 Å². The van der Waals surface area contributed by atoms with Gasteiger partial charge in [-0.25, -0.2) is 4.39 Å². The van der Waals surface area contributed by atoms with Crippen molar-refractivity contribution in [1.29, 1.82) is 0 Å². The first-order valence-electron chi connectivity index (χ1n) is 10.3. The minimum Gasteiger partial charge on any atom is -0.493 e. The number of carbonyl (C=O) groups excluding carboxylic acids is 2. The minimum absolute atomic E-state index is 0.00924. The van der Waals surface area contributed by atoms with Gasteiger partial charge in [-0.3, -0.25) is 9.59 Å². The summed E-state index contributed by atoms with van der Waals surface area (Å²) in [5.41, 5.74) is 0.170. The zero-order valence-electron chi connectivity index (χ0n) is 18.4. The average Bonchev–Trinajstić information content (AvgIpc) is 2.76. The van der Waals surface area contributed by atoms with Gasteiger partial charge in [0.15, 0.2) is 0 Å². The minimum atomic E-state index is -4.78. The summed E-state index contributed by atoms with van der Waals surface area (Å²) in [6.07, 6.45) is -4.94. The van der Waals surface area contributed by atoms with Crippen LogP contribution in [0.15, 0.2) is 60.7 Å². The highest BCUT2D eigenvalue weighted by Crippen LogP contribution is 2.37. The van der Waals surface area contributed by atoms with Crippen molar-refractivity contribution in [3.05, 3.63) is 88.7 Å². The number of nitrogens with one attached hydrogen (secondary N) is 2. The molecular weight excluding hydrogens is 452 g/mol. The Morgan fingerprint density at radius 2 is 1.56 bits per heavy atom. The lowest BCUT2D eigenvalue weighted by Gasteiger charge is -2.16. The van der Waals surface area contributed by atoms with Gasteiger partial charge in [0.05, 0.1) is 24.3 Å². The highest BCUT2D eigenvalue weighted by Gasteiger charge is 2.34. The van der Waals surface area contributed by atoms with Gasteiger partial charge in [0, 0.05) is 11.3 Å². The molecule has 9 heteroatoms. The van der Waals surface area contributed by atoms with E-state index < -0.39 is 35.1 Å². The maximum Gasteiger partial charge on any atom is 0.418 e. The summed E-state index contributed by atoms with van der Waals surface area (Å²) < 4.78 is 59.5. The van der Waals surface area contributed by atoms with Crippen LogP contribution in [-0.2, 0) is 11.0 Å². The monoisotopic (exact) mass is 474 g/mol. The fourth-order valence-corrected chi connectivity index (χ4v) is 3.26. The quantitative estimate of drug-likeness (QED) is 0.406. The van der Waals surface area contributed by atoms with Gasteiger partial charge >= 0.3 is 6.18 Å². The molecule has 2 N–H and O–H groups in total. The lowest BCUT2D eigenvalue weighted by atomic mass is 10.1. The van der Waals surface area contributed by atoms with E-state index in [-0.39, 0.29) is 24.3 Å². The molecule has 0 saturated carbocycles. The molecule has 178 valence electrons. The number of rotatable bonds is 7. The summed E-state index contributed by atoms with van der Waals surface area (Å²) in [6.45, 7) is 3.70. The van der Waals surface area contributed by atoms with Gasteiger partial charge in [-0.1, -0.05) is 18.2 Å². The van der Waals surface area contributed by atoms with Crippen LogP contribution in [0.2, 0.25) is 0 Å². The second kappa shape index (κ2) is 10.4. The molecule has 3 aromatic rings. The molecule has 0 atom stereocenters. The van der Waals surface area contributed by atoms with Gasteiger partial charge in [-0.15, -0.1) is 0 Å². The van der Waals surface area contributed by atoms with Crippen molar-refractivity contribution in [2.75, 3.05) is 17.2 Å². The Morgan fingerprint density at radius 1 is 0.912 bits per heavy atom. The van der Waals surface area contributed by atoms with Crippen LogP contribution >= 0.6 is 0 Å². The van der Waals surface area contributed by atoms with Crippen LogP contribution in [0.4, 0.5) is 28.9 Å². The Hall–Kier alpha value is -3.88. The van der Waals surface area contributed by atoms with Crippen LogP contribution < -0.4 is 15.4 Å². The van der Waals surface area contributed by atoms with Crippen molar-refractivity contribution in [2.24, 2.45) is 0 Å². The Bertz CT molecular complexity index is 1170. The van der Waals surface area contributed by atoms with E-state index >= 15 is 0 Å². The van der Waals surface area contributed by atoms with Gasteiger partial charge < -0.3 is 15.4 Å². The van der Waals surface area contributed by atoms with E-state index in [1.54, 1.807) is 0 Å². The number of carbonyl (C=O) groups is 2. The maximum atomic E-state index is 13.6. The van der Waals surface area contributed by atoms with E-state index in [1.165, 1.54) is 18.2 Å². The first-order chi connectivity index (χ1) is 16.0.